The van der Waals surface area contributed by atoms with Gasteiger partial charge in [0.05, 0.1) is 6.54 Å². The fourth-order valence-corrected chi connectivity index (χ4v) is 2.09. The van der Waals surface area contributed by atoms with Crippen LogP contribution < -0.4 is 5.32 Å². The second-order valence-corrected chi connectivity index (χ2v) is 4.15. The summed E-state index contributed by atoms with van der Waals surface area (Å²) in [6.45, 7) is 5.71. The zero-order valence-corrected chi connectivity index (χ0v) is 10.3. The van der Waals surface area contributed by atoms with Gasteiger partial charge < -0.3 is 9.73 Å². The summed E-state index contributed by atoms with van der Waals surface area (Å²) in [7, 11) is 0. The second-order valence-electron chi connectivity index (χ2n) is 4.15. The molecular weight excluding hydrogens is 217 g/mol. The lowest BCUT2D eigenvalue weighted by molar-refractivity contribution is 0.494. The monoisotopic (exact) mass is 235 g/mol. The van der Waals surface area contributed by atoms with Crippen molar-refractivity contribution < 1.29 is 8.81 Å². The molecule has 1 aromatic carbocycles. The first-order valence-electron chi connectivity index (χ1n) is 6.17. The number of fused-ring (bicyclic) bond motifs is 1. The summed E-state index contributed by atoms with van der Waals surface area (Å²) in [6.07, 6.45) is 1.96. The maximum Gasteiger partial charge on any atom is 0.170 e. The van der Waals surface area contributed by atoms with Crippen LogP contribution in [0.1, 0.15) is 31.6 Å². The number of para-hydroxylation sites is 1. The Morgan fingerprint density at radius 2 is 2.12 bits per heavy atom. The molecular formula is C14H18FNO. The minimum atomic E-state index is -0.275. The van der Waals surface area contributed by atoms with Gasteiger partial charge in [0.25, 0.3) is 0 Å². The SMILES string of the molecule is CCCc1c(CNCC)oc2c(F)cccc12. The van der Waals surface area contributed by atoms with Crippen molar-refractivity contribution in [3.8, 4) is 0 Å². The molecule has 2 nitrogen and oxygen atoms in total. The first kappa shape index (κ1) is 12.1. The Morgan fingerprint density at radius 3 is 2.82 bits per heavy atom. The predicted octanol–water partition coefficient (Wildman–Crippen LogP) is 3.63. The molecule has 0 amide bonds. The minimum Gasteiger partial charge on any atom is -0.456 e. The third-order valence-electron chi connectivity index (χ3n) is 2.89. The van der Waals surface area contributed by atoms with E-state index in [0.717, 1.165) is 36.1 Å². The van der Waals surface area contributed by atoms with Gasteiger partial charge >= 0.3 is 0 Å². The molecule has 92 valence electrons. The fraction of sp³-hybridized carbons (Fsp3) is 0.429. The van der Waals surface area contributed by atoms with E-state index >= 15 is 0 Å². The van der Waals surface area contributed by atoms with E-state index in [1.165, 1.54) is 6.07 Å². The van der Waals surface area contributed by atoms with Gasteiger partial charge in [0, 0.05) is 10.9 Å². The summed E-state index contributed by atoms with van der Waals surface area (Å²) in [5.41, 5.74) is 1.53. The first-order valence-corrected chi connectivity index (χ1v) is 6.17. The lowest BCUT2D eigenvalue weighted by Crippen LogP contribution is -2.12. The van der Waals surface area contributed by atoms with Gasteiger partial charge in [0.15, 0.2) is 11.4 Å². The Kier molecular flexibility index (Phi) is 3.79. The highest BCUT2D eigenvalue weighted by molar-refractivity contribution is 5.82. The third-order valence-corrected chi connectivity index (χ3v) is 2.89. The zero-order valence-electron chi connectivity index (χ0n) is 10.3. The smallest absolute Gasteiger partial charge is 0.170 e. The van der Waals surface area contributed by atoms with Gasteiger partial charge in [-0.3, -0.25) is 0 Å². The number of hydrogen-bond donors (Lipinski definition) is 1. The molecule has 0 spiro atoms. The molecule has 1 aromatic heterocycles. The zero-order chi connectivity index (χ0) is 12.3. The fourth-order valence-electron chi connectivity index (χ4n) is 2.09. The van der Waals surface area contributed by atoms with Crippen molar-refractivity contribution in [2.24, 2.45) is 0 Å². The molecule has 0 saturated carbocycles. The van der Waals surface area contributed by atoms with E-state index in [2.05, 4.69) is 12.2 Å². The molecule has 2 aromatic rings. The number of benzene rings is 1. The van der Waals surface area contributed by atoms with Crippen LogP contribution in [0, 0.1) is 5.82 Å². The molecule has 0 saturated heterocycles. The van der Waals surface area contributed by atoms with Crippen molar-refractivity contribution in [2.75, 3.05) is 6.54 Å². The molecule has 0 unspecified atom stereocenters. The minimum absolute atomic E-state index is 0.275. The van der Waals surface area contributed by atoms with E-state index in [9.17, 15) is 4.39 Å². The van der Waals surface area contributed by atoms with Crippen LogP contribution in [0.4, 0.5) is 4.39 Å². The van der Waals surface area contributed by atoms with Crippen molar-refractivity contribution in [3.05, 3.63) is 35.3 Å². The van der Waals surface area contributed by atoms with E-state index in [0.29, 0.717) is 12.1 Å². The normalized spacial score (nSPS) is 11.2. The van der Waals surface area contributed by atoms with Crippen LogP contribution in [0.3, 0.4) is 0 Å². The molecule has 0 bridgehead atoms. The quantitative estimate of drug-likeness (QED) is 0.856. The van der Waals surface area contributed by atoms with Crippen molar-refractivity contribution >= 4 is 11.0 Å². The molecule has 0 aliphatic carbocycles. The van der Waals surface area contributed by atoms with Crippen LogP contribution >= 0.6 is 0 Å². The topological polar surface area (TPSA) is 25.2 Å². The molecule has 0 atom stereocenters. The maximum absolute atomic E-state index is 13.6. The van der Waals surface area contributed by atoms with Crippen molar-refractivity contribution in [1.82, 2.24) is 5.32 Å². The average molecular weight is 235 g/mol. The molecule has 17 heavy (non-hydrogen) atoms. The van der Waals surface area contributed by atoms with E-state index in [-0.39, 0.29) is 5.82 Å². The number of nitrogens with one attached hydrogen (secondary N) is 1. The van der Waals surface area contributed by atoms with E-state index in [1.54, 1.807) is 6.07 Å². The van der Waals surface area contributed by atoms with Crippen LogP contribution in [0.25, 0.3) is 11.0 Å². The van der Waals surface area contributed by atoms with Gasteiger partial charge in [-0.05, 0) is 19.0 Å². The molecule has 1 N–H and O–H groups in total. The van der Waals surface area contributed by atoms with E-state index in [4.69, 9.17) is 4.42 Å². The Balaban J connectivity index is 2.49. The largest absolute Gasteiger partial charge is 0.456 e. The Hall–Kier alpha value is -1.35. The maximum atomic E-state index is 13.6. The third kappa shape index (κ3) is 2.34. The summed E-state index contributed by atoms with van der Waals surface area (Å²) < 4.78 is 19.3. The van der Waals surface area contributed by atoms with Crippen LogP contribution in [-0.4, -0.2) is 6.54 Å². The molecule has 2 rings (SSSR count). The van der Waals surface area contributed by atoms with Crippen LogP contribution in [-0.2, 0) is 13.0 Å². The highest BCUT2D eigenvalue weighted by atomic mass is 19.1. The number of aryl methyl sites for hydroxylation is 1. The lowest BCUT2D eigenvalue weighted by Gasteiger charge is -2.01. The first-order chi connectivity index (χ1) is 8.27. The summed E-state index contributed by atoms with van der Waals surface area (Å²) in [5.74, 6) is 0.594. The van der Waals surface area contributed by atoms with Crippen molar-refractivity contribution in [1.29, 1.82) is 0 Å². The average Bonchev–Trinajstić information content (AvgIpc) is 2.67. The van der Waals surface area contributed by atoms with Crippen molar-refractivity contribution in [3.63, 3.8) is 0 Å². The molecule has 3 heteroatoms. The van der Waals surface area contributed by atoms with Gasteiger partial charge in [0.1, 0.15) is 5.76 Å². The summed E-state index contributed by atoms with van der Waals surface area (Å²) in [4.78, 5) is 0. The van der Waals surface area contributed by atoms with Gasteiger partial charge in [-0.2, -0.15) is 0 Å². The Labute approximate surface area is 101 Å². The predicted molar refractivity (Wildman–Crippen MR) is 67.5 cm³/mol. The van der Waals surface area contributed by atoms with E-state index in [1.807, 2.05) is 13.0 Å². The van der Waals surface area contributed by atoms with Gasteiger partial charge in [-0.1, -0.05) is 32.4 Å². The summed E-state index contributed by atoms with van der Waals surface area (Å²) in [6, 6.07) is 5.12. The Morgan fingerprint density at radius 1 is 1.29 bits per heavy atom. The summed E-state index contributed by atoms with van der Waals surface area (Å²) >= 11 is 0. The molecule has 0 aliphatic rings. The highest BCUT2D eigenvalue weighted by Crippen LogP contribution is 2.28. The number of rotatable bonds is 5. The lowest BCUT2D eigenvalue weighted by atomic mass is 10.1. The Bertz CT molecular complexity index is 504. The van der Waals surface area contributed by atoms with Gasteiger partial charge in [0.2, 0.25) is 0 Å². The summed E-state index contributed by atoms with van der Waals surface area (Å²) in [5, 5.41) is 4.14. The molecule has 0 aliphatic heterocycles. The molecule has 1 heterocycles. The number of hydrogen-bond acceptors (Lipinski definition) is 2. The highest BCUT2D eigenvalue weighted by Gasteiger charge is 2.15. The van der Waals surface area contributed by atoms with Crippen LogP contribution in [0.5, 0.6) is 0 Å². The second kappa shape index (κ2) is 5.32. The van der Waals surface area contributed by atoms with Crippen molar-refractivity contribution in [2.45, 2.75) is 33.2 Å². The molecule has 0 radical (unpaired) electrons. The standard InChI is InChI=1S/C14H18FNO/c1-3-6-10-11-7-5-8-12(15)14(11)17-13(10)9-16-4-2/h5,7-8,16H,3-4,6,9H2,1-2H3. The van der Waals surface area contributed by atoms with Gasteiger partial charge in [-0.15, -0.1) is 0 Å². The number of halogens is 1. The number of furan rings is 1. The van der Waals surface area contributed by atoms with Crippen LogP contribution in [0.15, 0.2) is 22.6 Å². The van der Waals surface area contributed by atoms with Crippen LogP contribution in [0.2, 0.25) is 0 Å². The molecule has 0 fully saturated rings. The van der Waals surface area contributed by atoms with Gasteiger partial charge in [-0.25, -0.2) is 4.39 Å². The van der Waals surface area contributed by atoms with E-state index < -0.39 is 0 Å².